The van der Waals surface area contributed by atoms with Gasteiger partial charge in [-0.05, 0) is 24.3 Å². The van der Waals surface area contributed by atoms with Crippen LogP contribution in [0.15, 0.2) is 42.5 Å². The van der Waals surface area contributed by atoms with Gasteiger partial charge in [0.25, 0.3) is 0 Å². The molecule has 1 unspecified atom stereocenters. The van der Waals surface area contributed by atoms with Gasteiger partial charge in [-0.15, -0.1) is 0 Å². The topological polar surface area (TPSA) is 116 Å². The van der Waals surface area contributed by atoms with E-state index in [1.165, 1.54) is 25.3 Å². The monoisotopic (exact) mass is 390 g/mol. The van der Waals surface area contributed by atoms with Crippen molar-refractivity contribution >= 4 is 27.1 Å². The molecular weight excluding hydrogens is 376 g/mol. The Kier molecular flexibility index (Phi) is 5.13. The molecule has 2 aromatic rings. The predicted molar refractivity (Wildman–Crippen MR) is 94.1 cm³/mol. The quantitative estimate of drug-likeness (QED) is 0.475. The van der Waals surface area contributed by atoms with Crippen LogP contribution in [0.5, 0.6) is 17.2 Å². The Balaban J connectivity index is 1.92. The molecule has 0 saturated carbocycles. The summed E-state index contributed by atoms with van der Waals surface area (Å²) < 4.78 is 38.9. The smallest absolute Gasteiger partial charge is 0.353 e. The van der Waals surface area contributed by atoms with Gasteiger partial charge in [-0.3, -0.25) is 0 Å². The molecule has 140 valence electrons. The van der Waals surface area contributed by atoms with Crippen molar-refractivity contribution in [3.8, 4) is 17.2 Å². The zero-order chi connectivity index (χ0) is 19.6. The second-order valence-electron chi connectivity index (χ2n) is 5.53. The van der Waals surface area contributed by atoms with E-state index in [0.717, 1.165) is 0 Å². The van der Waals surface area contributed by atoms with E-state index in [1.54, 1.807) is 24.3 Å². The summed E-state index contributed by atoms with van der Waals surface area (Å²) in [5.74, 6) is -2.09. The van der Waals surface area contributed by atoms with Crippen LogP contribution in [-0.4, -0.2) is 43.5 Å². The maximum Gasteiger partial charge on any atom is 0.353 e. The highest BCUT2D eigenvalue weighted by Gasteiger charge is 2.33. The van der Waals surface area contributed by atoms with Crippen LogP contribution < -0.4 is 14.2 Å². The first kappa shape index (κ1) is 18.5. The van der Waals surface area contributed by atoms with Crippen molar-refractivity contribution in [2.45, 2.75) is 12.5 Å². The molecule has 0 spiro atoms. The number of carbonyl (C=O) groups excluding carboxylic acids is 1. The van der Waals surface area contributed by atoms with Gasteiger partial charge in [0.15, 0.2) is 11.5 Å². The molecule has 0 fully saturated rings. The van der Waals surface area contributed by atoms with E-state index >= 15 is 0 Å². The van der Waals surface area contributed by atoms with Gasteiger partial charge in [0.1, 0.15) is 11.3 Å². The van der Waals surface area contributed by atoms with Crippen LogP contribution in [0.3, 0.4) is 0 Å². The van der Waals surface area contributed by atoms with E-state index in [9.17, 15) is 23.1 Å². The first-order chi connectivity index (χ1) is 12.9. The van der Waals surface area contributed by atoms with Gasteiger partial charge in [-0.2, -0.15) is 8.42 Å². The molecule has 1 atom stereocenters. The number of carbonyl (C=O) groups is 2. The molecule has 1 N–H and O–H groups in total. The van der Waals surface area contributed by atoms with Crippen LogP contribution in [-0.2, 0) is 15.1 Å². The van der Waals surface area contributed by atoms with Gasteiger partial charge < -0.3 is 19.3 Å². The van der Waals surface area contributed by atoms with Crippen LogP contribution in [0.25, 0.3) is 0 Å². The summed E-state index contributed by atoms with van der Waals surface area (Å²) in [5, 5.41) is 9.19. The number of rotatable bonds is 4. The van der Waals surface area contributed by atoms with Gasteiger partial charge in [-0.25, -0.2) is 9.59 Å². The van der Waals surface area contributed by atoms with Gasteiger partial charge >= 0.3 is 11.9 Å². The highest BCUT2D eigenvalue weighted by Crippen LogP contribution is 2.33. The molecule has 0 aromatic heterocycles. The van der Waals surface area contributed by atoms with E-state index in [2.05, 4.69) is 0 Å². The molecule has 2 aromatic carbocycles. The second-order valence-corrected chi connectivity index (χ2v) is 6.49. The number of methoxy groups -OCH3 is 1. The summed E-state index contributed by atoms with van der Waals surface area (Å²) >= 11 is 0. The standard InChI is InChI=1S/C18H14O8S/c1-24-16-11(17(19)20)6-4-8-13(16)26-18(21)14-9-15(27(22)23)10-5-2-3-7-12(10)25-14/h2-8,14H,9H2,1H3,(H,19,20). The Hall–Kier alpha value is -3.33. The second kappa shape index (κ2) is 7.50. The number of fused-ring (bicyclic) bond motifs is 1. The first-order valence-corrected chi connectivity index (χ1v) is 8.83. The number of carboxylic acids is 1. The molecule has 0 bridgehead atoms. The fourth-order valence-electron chi connectivity index (χ4n) is 2.71. The largest absolute Gasteiger partial charge is 0.492 e. The molecule has 8 nitrogen and oxygen atoms in total. The Morgan fingerprint density at radius 3 is 2.56 bits per heavy atom. The van der Waals surface area contributed by atoms with Crippen LogP contribution in [0.1, 0.15) is 22.3 Å². The highest BCUT2D eigenvalue weighted by atomic mass is 32.2. The van der Waals surface area contributed by atoms with Gasteiger partial charge in [0, 0.05) is 12.0 Å². The summed E-state index contributed by atoms with van der Waals surface area (Å²) in [6.07, 6.45) is -1.40. The minimum Gasteiger partial charge on any atom is -0.492 e. The fourth-order valence-corrected chi connectivity index (χ4v) is 3.35. The van der Waals surface area contributed by atoms with Crippen molar-refractivity contribution in [2.24, 2.45) is 0 Å². The number of carboxylic acid groups (broad SMARTS) is 1. The van der Waals surface area contributed by atoms with Crippen molar-refractivity contribution in [2.75, 3.05) is 7.11 Å². The van der Waals surface area contributed by atoms with Crippen molar-refractivity contribution in [1.29, 1.82) is 0 Å². The highest BCUT2D eigenvalue weighted by molar-refractivity contribution is 7.73. The van der Waals surface area contributed by atoms with Crippen molar-refractivity contribution in [3.63, 3.8) is 0 Å². The molecule has 0 saturated heterocycles. The molecule has 9 heteroatoms. The summed E-state index contributed by atoms with van der Waals surface area (Å²) in [7, 11) is -1.29. The van der Waals surface area contributed by atoms with E-state index in [-0.39, 0.29) is 34.1 Å². The molecule has 3 rings (SSSR count). The summed E-state index contributed by atoms with van der Waals surface area (Å²) in [5.41, 5.74) is 0.214. The summed E-state index contributed by atoms with van der Waals surface area (Å²) in [6, 6.07) is 10.5. The number of ether oxygens (including phenoxy) is 3. The number of hydrogen-bond acceptors (Lipinski definition) is 7. The van der Waals surface area contributed by atoms with Gasteiger partial charge in [0.2, 0.25) is 16.4 Å². The molecule has 0 aliphatic carbocycles. The van der Waals surface area contributed by atoms with Crippen LogP contribution in [0.4, 0.5) is 0 Å². The van der Waals surface area contributed by atoms with Crippen LogP contribution >= 0.6 is 0 Å². The lowest BCUT2D eigenvalue weighted by Crippen LogP contribution is -2.37. The van der Waals surface area contributed by atoms with E-state index < -0.39 is 28.3 Å². The third-order valence-electron chi connectivity index (χ3n) is 3.92. The first-order valence-electron chi connectivity index (χ1n) is 7.75. The average Bonchev–Trinajstić information content (AvgIpc) is 2.66. The van der Waals surface area contributed by atoms with Crippen molar-refractivity contribution < 1.29 is 37.3 Å². The molecule has 0 radical (unpaired) electrons. The summed E-state index contributed by atoms with van der Waals surface area (Å²) in [6.45, 7) is 0. The molecular formula is C18H14O8S. The van der Waals surface area contributed by atoms with Gasteiger partial charge in [-0.1, -0.05) is 18.2 Å². The molecule has 1 heterocycles. The van der Waals surface area contributed by atoms with Gasteiger partial charge in [0.05, 0.1) is 12.0 Å². The minimum atomic E-state index is -2.54. The van der Waals surface area contributed by atoms with Crippen LogP contribution in [0.2, 0.25) is 0 Å². The normalized spacial score (nSPS) is 15.3. The van der Waals surface area contributed by atoms with Crippen LogP contribution in [0, 0.1) is 0 Å². The number of esters is 1. The molecule has 1 aliphatic rings. The Morgan fingerprint density at radius 1 is 1.15 bits per heavy atom. The zero-order valence-electron chi connectivity index (χ0n) is 14.0. The number of benzene rings is 2. The third-order valence-corrected chi connectivity index (χ3v) is 4.70. The summed E-state index contributed by atoms with van der Waals surface area (Å²) in [4.78, 5) is 23.8. The Morgan fingerprint density at radius 2 is 1.89 bits per heavy atom. The fraction of sp³-hybridized carbons (Fsp3) is 0.167. The molecule has 1 aliphatic heterocycles. The van der Waals surface area contributed by atoms with E-state index in [4.69, 9.17) is 14.2 Å². The predicted octanol–water partition coefficient (Wildman–Crippen LogP) is 1.55. The maximum atomic E-state index is 12.5. The Labute approximate surface area is 155 Å². The maximum absolute atomic E-state index is 12.5. The lowest BCUT2D eigenvalue weighted by Gasteiger charge is -2.25. The SMILES string of the molecule is COc1c(OC(=O)C2CC(=S(=O)=O)c3ccccc3O2)cccc1C(=O)O. The number of hydrogen-bond donors (Lipinski definition) is 1. The van der Waals surface area contributed by atoms with E-state index in [0.29, 0.717) is 5.56 Å². The number of para-hydroxylation sites is 2. The molecule has 27 heavy (non-hydrogen) atoms. The third kappa shape index (κ3) is 3.63. The average molecular weight is 390 g/mol. The van der Waals surface area contributed by atoms with Crippen molar-refractivity contribution in [3.05, 3.63) is 53.6 Å². The number of aromatic carboxylic acids is 1. The molecule has 0 amide bonds. The van der Waals surface area contributed by atoms with E-state index in [1.807, 2.05) is 0 Å². The lowest BCUT2D eigenvalue weighted by molar-refractivity contribution is -0.142. The van der Waals surface area contributed by atoms with Crippen molar-refractivity contribution in [1.82, 2.24) is 0 Å². The lowest BCUT2D eigenvalue weighted by atomic mass is 10.0. The Bertz CT molecular complexity index is 1050. The minimum absolute atomic E-state index is 0.0325. The zero-order valence-corrected chi connectivity index (χ0v) is 14.9.